The summed E-state index contributed by atoms with van der Waals surface area (Å²) in [6.45, 7) is 2.86. The Morgan fingerprint density at radius 3 is 2.80 bits per heavy atom. The maximum Gasteiger partial charge on any atom is 0.318 e. The average Bonchev–Trinajstić information content (AvgIpc) is 3.43. The zero-order chi connectivity index (χ0) is 28.1. The summed E-state index contributed by atoms with van der Waals surface area (Å²) in [6.07, 6.45) is 5.01. The van der Waals surface area contributed by atoms with Gasteiger partial charge in [0.05, 0.1) is 20.3 Å². The lowest BCUT2D eigenvalue weighted by atomic mass is 9.66. The minimum atomic E-state index is -0.957. The van der Waals surface area contributed by atoms with Gasteiger partial charge >= 0.3 is 5.97 Å². The van der Waals surface area contributed by atoms with Gasteiger partial charge in [0.1, 0.15) is 11.2 Å². The van der Waals surface area contributed by atoms with Crippen LogP contribution in [0, 0.1) is 11.3 Å². The number of likely N-dealkylation sites (tertiary alicyclic amines) is 1. The number of esters is 1. The zero-order valence-corrected chi connectivity index (χ0v) is 23.1. The number of carbonyl (C=O) groups is 3. The monoisotopic (exact) mass is 548 g/mol. The lowest BCUT2D eigenvalue weighted by Gasteiger charge is -2.48. The molecule has 3 aliphatic rings. The van der Waals surface area contributed by atoms with Crippen molar-refractivity contribution >= 4 is 17.8 Å². The SMILES string of the molecule is CCOC(=O)[C@]12CCCC=C1N(Cc1ccc3c(c1)OCO3)C(=O)[C@H](CC(=O)NCCc1ccccc1OC)C2. The molecule has 2 aromatic carbocycles. The van der Waals surface area contributed by atoms with Crippen molar-refractivity contribution in [2.75, 3.05) is 27.1 Å². The molecule has 0 unspecified atom stereocenters. The number of rotatable bonds is 10. The third-order valence-corrected chi connectivity index (χ3v) is 7.92. The molecule has 1 aliphatic carbocycles. The van der Waals surface area contributed by atoms with Gasteiger partial charge in [-0.3, -0.25) is 14.4 Å². The van der Waals surface area contributed by atoms with Gasteiger partial charge in [0.25, 0.3) is 0 Å². The summed E-state index contributed by atoms with van der Waals surface area (Å²) in [5, 5.41) is 2.96. The fourth-order valence-electron chi connectivity index (χ4n) is 6.03. The van der Waals surface area contributed by atoms with Crippen LogP contribution in [0.2, 0.25) is 0 Å². The molecule has 0 aromatic heterocycles. The minimum Gasteiger partial charge on any atom is -0.496 e. The maximum atomic E-state index is 13.9. The number of fused-ring (bicyclic) bond motifs is 2. The van der Waals surface area contributed by atoms with E-state index in [1.165, 1.54) is 0 Å². The van der Waals surface area contributed by atoms with Crippen LogP contribution in [0.5, 0.6) is 17.2 Å². The first-order chi connectivity index (χ1) is 19.4. The number of methoxy groups -OCH3 is 1. The number of benzene rings is 2. The number of hydrogen-bond donors (Lipinski definition) is 1. The first-order valence-corrected chi connectivity index (χ1v) is 13.9. The van der Waals surface area contributed by atoms with E-state index in [-0.39, 0.29) is 50.6 Å². The Morgan fingerprint density at radius 2 is 1.98 bits per heavy atom. The second-order valence-electron chi connectivity index (χ2n) is 10.4. The van der Waals surface area contributed by atoms with Crippen LogP contribution >= 0.6 is 0 Å². The largest absolute Gasteiger partial charge is 0.496 e. The lowest BCUT2D eigenvalue weighted by Crippen LogP contribution is -2.54. The summed E-state index contributed by atoms with van der Waals surface area (Å²) < 4.78 is 21.9. The maximum absolute atomic E-state index is 13.9. The second kappa shape index (κ2) is 12.0. The van der Waals surface area contributed by atoms with Crippen LogP contribution in [0.25, 0.3) is 0 Å². The van der Waals surface area contributed by atoms with Gasteiger partial charge in [0.15, 0.2) is 11.5 Å². The molecule has 0 spiro atoms. The average molecular weight is 549 g/mol. The Labute approximate surface area is 234 Å². The third-order valence-electron chi connectivity index (χ3n) is 7.92. The van der Waals surface area contributed by atoms with E-state index in [1.807, 2.05) is 48.5 Å². The van der Waals surface area contributed by atoms with Crippen LogP contribution in [-0.2, 0) is 32.1 Å². The Balaban J connectivity index is 1.35. The highest BCUT2D eigenvalue weighted by atomic mass is 16.7. The van der Waals surface area contributed by atoms with Crippen molar-refractivity contribution in [2.24, 2.45) is 11.3 Å². The molecule has 0 bridgehead atoms. The quantitative estimate of drug-likeness (QED) is 0.445. The van der Waals surface area contributed by atoms with Gasteiger partial charge in [-0.05, 0) is 68.4 Å². The first-order valence-electron chi connectivity index (χ1n) is 13.9. The molecule has 40 heavy (non-hydrogen) atoms. The summed E-state index contributed by atoms with van der Waals surface area (Å²) >= 11 is 0. The van der Waals surface area contributed by atoms with Gasteiger partial charge in [-0.2, -0.15) is 0 Å². The van der Waals surface area contributed by atoms with Crippen molar-refractivity contribution in [1.29, 1.82) is 0 Å². The molecule has 9 heteroatoms. The number of ether oxygens (including phenoxy) is 4. The van der Waals surface area contributed by atoms with Crippen LogP contribution in [0.15, 0.2) is 54.2 Å². The molecular formula is C31H36N2O7. The molecule has 0 radical (unpaired) electrons. The van der Waals surface area contributed by atoms with Crippen molar-refractivity contribution in [2.45, 2.75) is 52.0 Å². The number of nitrogens with zero attached hydrogens (tertiary/aromatic N) is 1. The molecule has 1 N–H and O–H groups in total. The van der Waals surface area contributed by atoms with Crippen LogP contribution in [-0.4, -0.2) is 49.7 Å². The van der Waals surface area contributed by atoms with Crippen molar-refractivity contribution in [1.82, 2.24) is 10.2 Å². The smallest absolute Gasteiger partial charge is 0.318 e. The van der Waals surface area contributed by atoms with E-state index in [0.717, 1.165) is 29.7 Å². The van der Waals surface area contributed by atoms with Gasteiger partial charge < -0.3 is 29.2 Å². The summed E-state index contributed by atoms with van der Waals surface area (Å²) in [6, 6.07) is 13.3. The van der Waals surface area contributed by atoms with Crippen LogP contribution in [0.3, 0.4) is 0 Å². The Morgan fingerprint density at radius 1 is 1.15 bits per heavy atom. The molecule has 1 fully saturated rings. The van der Waals surface area contributed by atoms with Gasteiger partial charge in [-0.25, -0.2) is 0 Å². The highest BCUT2D eigenvalue weighted by Gasteiger charge is 2.54. The number of piperidine rings is 1. The van der Waals surface area contributed by atoms with Crippen molar-refractivity contribution in [3.8, 4) is 17.2 Å². The molecule has 2 atom stereocenters. The van der Waals surface area contributed by atoms with E-state index in [0.29, 0.717) is 36.6 Å². The summed E-state index contributed by atoms with van der Waals surface area (Å²) in [7, 11) is 1.62. The van der Waals surface area contributed by atoms with Crippen molar-refractivity contribution < 1.29 is 33.3 Å². The number of amides is 2. The highest BCUT2D eigenvalue weighted by molar-refractivity contribution is 5.92. The fraction of sp³-hybridized carbons (Fsp3) is 0.452. The highest BCUT2D eigenvalue weighted by Crippen LogP contribution is 2.50. The Kier molecular flexibility index (Phi) is 8.28. The van der Waals surface area contributed by atoms with Gasteiger partial charge in [-0.1, -0.05) is 30.3 Å². The second-order valence-corrected chi connectivity index (χ2v) is 10.4. The molecule has 9 nitrogen and oxygen atoms in total. The lowest BCUT2D eigenvalue weighted by molar-refractivity contribution is -0.162. The number of hydrogen-bond acceptors (Lipinski definition) is 7. The van der Waals surface area contributed by atoms with Gasteiger partial charge in [0, 0.05) is 24.6 Å². The van der Waals surface area contributed by atoms with Gasteiger partial charge in [-0.15, -0.1) is 0 Å². The van der Waals surface area contributed by atoms with Crippen LogP contribution in [0.1, 0.15) is 50.2 Å². The topological polar surface area (TPSA) is 103 Å². The molecular weight excluding hydrogens is 512 g/mol. The van der Waals surface area contributed by atoms with E-state index < -0.39 is 11.3 Å². The van der Waals surface area contributed by atoms with E-state index >= 15 is 0 Å². The molecule has 212 valence electrons. The molecule has 2 heterocycles. The number of allylic oxidation sites excluding steroid dienone is 1. The number of nitrogens with one attached hydrogen (secondary N) is 1. The summed E-state index contributed by atoms with van der Waals surface area (Å²) in [5.74, 6) is 0.692. The fourth-order valence-corrected chi connectivity index (χ4v) is 6.03. The van der Waals surface area contributed by atoms with E-state index in [1.54, 1.807) is 18.9 Å². The molecule has 2 aliphatic heterocycles. The first kappa shape index (κ1) is 27.6. The van der Waals surface area contributed by atoms with Crippen molar-refractivity contribution in [3.05, 3.63) is 65.4 Å². The molecule has 0 saturated carbocycles. The van der Waals surface area contributed by atoms with Crippen LogP contribution in [0.4, 0.5) is 0 Å². The summed E-state index contributed by atoms with van der Waals surface area (Å²) in [5.41, 5.74) is 1.57. The predicted octanol–water partition coefficient (Wildman–Crippen LogP) is 4.14. The minimum absolute atomic E-state index is 0.00314. The third kappa shape index (κ3) is 5.50. The summed E-state index contributed by atoms with van der Waals surface area (Å²) in [4.78, 5) is 42.2. The predicted molar refractivity (Wildman–Crippen MR) is 147 cm³/mol. The van der Waals surface area contributed by atoms with Gasteiger partial charge in [0.2, 0.25) is 18.6 Å². The molecule has 1 saturated heterocycles. The zero-order valence-electron chi connectivity index (χ0n) is 23.1. The van der Waals surface area contributed by atoms with Crippen molar-refractivity contribution in [3.63, 3.8) is 0 Å². The van der Waals surface area contributed by atoms with E-state index in [2.05, 4.69) is 5.32 Å². The van der Waals surface area contributed by atoms with E-state index in [4.69, 9.17) is 18.9 Å². The number of para-hydroxylation sites is 1. The molecule has 2 amide bonds. The molecule has 2 aromatic rings. The number of carbonyl (C=O) groups excluding carboxylic acids is 3. The normalized spacial score (nSPS) is 21.4. The standard InChI is InChI=1S/C31H36N2O7/c1-3-38-30(36)31-14-7-6-10-27(31)33(19-21-11-12-25-26(16-21)40-20-39-25)29(35)23(18-31)17-28(34)32-15-13-22-8-4-5-9-24(22)37-2/h4-5,8-12,16,23H,3,6-7,13-15,17-20H2,1-2H3,(H,32,34)/t23-,31+/m1/s1. The van der Waals surface area contributed by atoms with E-state index in [9.17, 15) is 14.4 Å². The Bertz CT molecular complexity index is 1310. The van der Waals surface area contributed by atoms with Crippen LogP contribution < -0.4 is 19.5 Å². The molecule has 5 rings (SSSR count). The Hall–Kier alpha value is -4.01.